The second-order valence-corrected chi connectivity index (χ2v) is 8.25. The Bertz CT molecular complexity index is 1510. The van der Waals surface area contributed by atoms with Gasteiger partial charge >= 0.3 is 0 Å². The third-order valence-electron chi connectivity index (χ3n) is 5.85. The number of benzene rings is 1. The molecular formula is C23H17ClN8O. The summed E-state index contributed by atoms with van der Waals surface area (Å²) < 4.78 is 3.37. The maximum Gasteiger partial charge on any atom is 0.252 e. The molecule has 1 aliphatic rings. The number of nitrogens with one attached hydrogen (secondary N) is 1. The molecule has 33 heavy (non-hydrogen) atoms. The van der Waals surface area contributed by atoms with E-state index in [1.807, 2.05) is 41.0 Å². The van der Waals surface area contributed by atoms with Crippen LogP contribution in [0.3, 0.4) is 0 Å². The summed E-state index contributed by atoms with van der Waals surface area (Å²) in [6.07, 6.45) is 6.56. The monoisotopic (exact) mass is 456 g/mol. The molecule has 0 aliphatic carbocycles. The van der Waals surface area contributed by atoms with Gasteiger partial charge < -0.3 is 9.55 Å². The van der Waals surface area contributed by atoms with Crippen molar-refractivity contribution >= 4 is 11.6 Å². The highest BCUT2D eigenvalue weighted by Crippen LogP contribution is 2.34. The second-order valence-electron chi connectivity index (χ2n) is 7.81. The predicted octanol–water partition coefficient (Wildman–Crippen LogP) is 3.47. The number of tetrazole rings is 1. The molecule has 0 saturated carbocycles. The van der Waals surface area contributed by atoms with E-state index in [-0.39, 0.29) is 11.6 Å². The molecule has 0 spiro atoms. The molecule has 0 saturated heterocycles. The smallest absolute Gasteiger partial charge is 0.252 e. The van der Waals surface area contributed by atoms with Crippen molar-refractivity contribution in [3.63, 3.8) is 0 Å². The highest BCUT2D eigenvalue weighted by atomic mass is 35.5. The Hall–Kier alpha value is -4.11. The Balaban J connectivity index is 1.40. The molecule has 0 amide bonds. The first-order valence-corrected chi connectivity index (χ1v) is 10.8. The summed E-state index contributed by atoms with van der Waals surface area (Å²) in [7, 11) is 0. The zero-order valence-corrected chi connectivity index (χ0v) is 18.0. The lowest BCUT2D eigenvalue weighted by Gasteiger charge is -2.15. The Labute approximate surface area is 192 Å². The largest absolute Gasteiger partial charge is 0.339 e. The minimum absolute atomic E-state index is 0.0940. The van der Waals surface area contributed by atoms with Crippen LogP contribution in [0.15, 0.2) is 72.0 Å². The molecule has 0 bridgehead atoms. The van der Waals surface area contributed by atoms with Crippen molar-refractivity contribution in [2.45, 2.75) is 18.9 Å². The van der Waals surface area contributed by atoms with E-state index < -0.39 is 0 Å². The number of aryl methyl sites for hydroxylation is 1. The summed E-state index contributed by atoms with van der Waals surface area (Å²) in [4.78, 5) is 25.5. The topological polar surface area (TPSA) is 107 Å². The van der Waals surface area contributed by atoms with Gasteiger partial charge in [0.25, 0.3) is 5.56 Å². The first-order valence-electron chi connectivity index (χ1n) is 10.4. The van der Waals surface area contributed by atoms with E-state index in [0.717, 1.165) is 52.6 Å². The minimum Gasteiger partial charge on any atom is -0.339 e. The fraction of sp³-hybridized carbons (Fsp3) is 0.130. The molecule has 5 heterocycles. The number of pyridine rings is 2. The van der Waals surface area contributed by atoms with Crippen molar-refractivity contribution < 1.29 is 0 Å². The average molecular weight is 457 g/mol. The fourth-order valence-corrected chi connectivity index (χ4v) is 4.55. The summed E-state index contributed by atoms with van der Waals surface area (Å²) in [6, 6.07) is 14.7. The van der Waals surface area contributed by atoms with Crippen LogP contribution >= 0.6 is 11.6 Å². The van der Waals surface area contributed by atoms with Gasteiger partial charge in [-0.15, -0.1) is 5.10 Å². The van der Waals surface area contributed by atoms with Crippen LogP contribution in [0.5, 0.6) is 0 Å². The van der Waals surface area contributed by atoms with Crippen LogP contribution in [-0.2, 0) is 6.42 Å². The molecule has 1 N–H and O–H groups in total. The van der Waals surface area contributed by atoms with Crippen molar-refractivity contribution in [3.05, 3.63) is 94.1 Å². The Morgan fingerprint density at radius 1 is 1.09 bits per heavy atom. The van der Waals surface area contributed by atoms with Gasteiger partial charge in [0.2, 0.25) is 0 Å². The number of halogens is 1. The lowest BCUT2D eigenvalue weighted by atomic mass is 10.0. The van der Waals surface area contributed by atoms with E-state index >= 15 is 0 Å². The van der Waals surface area contributed by atoms with Crippen LogP contribution in [0.2, 0.25) is 5.02 Å². The van der Waals surface area contributed by atoms with Gasteiger partial charge in [0.05, 0.1) is 29.3 Å². The molecule has 10 heteroatoms. The normalized spacial score (nSPS) is 15.0. The van der Waals surface area contributed by atoms with Crippen LogP contribution in [0.1, 0.15) is 24.0 Å². The summed E-state index contributed by atoms with van der Waals surface area (Å²) in [5.41, 5.74) is 4.79. The molecule has 9 nitrogen and oxygen atoms in total. The number of H-pyrrole nitrogens is 1. The maximum atomic E-state index is 13.3. The van der Waals surface area contributed by atoms with E-state index in [1.165, 1.54) is 6.33 Å². The Morgan fingerprint density at radius 3 is 2.85 bits per heavy atom. The highest BCUT2D eigenvalue weighted by Gasteiger charge is 2.28. The third-order valence-corrected chi connectivity index (χ3v) is 6.09. The predicted molar refractivity (Wildman–Crippen MR) is 122 cm³/mol. The summed E-state index contributed by atoms with van der Waals surface area (Å²) in [5.74, 6) is 0.751. The first-order chi connectivity index (χ1) is 16.2. The number of aromatic nitrogens is 8. The molecule has 5 aromatic rings. The molecular weight excluding hydrogens is 440 g/mol. The molecule has 0 radical (unpaired) electrons. The Morgan fingerprint density at radius 2 is 2.03 bits per heavy atom. The molecule has 0 unspecified atom stereocenters. The molecule has 1 aliphatic heterocycles. The van der Waals surface area contributed by atoms with Gasteiger partial charge in [-0.1, -0.05) is 17.7 Å². The molecule has 4 aromatic heterocycles. The standard InChI is InChI=1S/C23H17ClN8O/c24-15-4-6-20(31-13-27-29-30-31)17(11-15)14-9-16-5-7-21(32(16)22(33)10-14)23-26-12-19(28-23)18-3-1-2-8-25-18/h1-4,6,8-13,21H,5,7H2,(H,26,28)/t21-/m0/s1. The lowest BCUT2D eigenvalue weighted by molar-refractivity contribution is 0.572. The van der Waals surface area contributed by atoms with Crippen molar-refractivity contribution in [1.29, 1.82) is 0 Å². The molecule has 6 rings (SSSR count). The summed E-state index contributed by atoms with van der Waals surface area (Å²) in [6.45, 7) is 0. The van der Waals surface area contributed by atoms with Gasteiger partial charge in [-0.05, 0) is 65.2 Å². The third kappa shape index (κ3) is 3.42. The van der Waals surface area contributed by atoms with Gasteiger partial charge in [0.1, 0.15) is 12.2 Å². The van der Waals surface area contributed by atoms with Crippen molar-refractivity contribution in [1.82, 2.24) is 39.7 Å². The van der Waals surface area contributed by atoms with Gasteiger partial charge in [-0.25, -0.2) is 4.98 Å². The van der Waals surface area contributed by atoms with Gasteiger partial charge in [-0.3, -0.25) is 9.78 Å². The van der Waals surface area contributed by atoms with Crippen LogP contribution < -0.4 is 5.56 Å². The average Bonchev–Trinajstić information content (AvgIpc) is 3.60. The van der Waals surface area contributed by atoms with Gasteiger partial charge in [0, 0.05) is 28.5 Å². The van der Waals surface area contributed by atoms with Crippen LogP contribution in [0.4, 0.5) is 0 Å². The molecule has 1 aromatic carbocycles. The second kappa shape index (κ2) is 7.79. The zero-order valence-electron chi connectivity index (χ0n) is 17.3. The van der Waals surface area contributed by atoms with Crippen LogP contribution in [0.25, 0.3) is 28.2 Å². The quantitative estimate of drug-likeness (QED) is 0.443. The van der Waals surface area contributed by atoms with Crippen molar-refractivity contribution in [3.8, 4) is 28.2 Å². The number of imidazole rings is 1. The number of rotatable bonds is 4. The van der Waals surface area contributed by atoms with Gasteiger partial charge in [-0.2, -0.15) is 4.68 Å². The molecule has 162 valence electrons. The van der Waals surface area contributed by atoms with Crippen LogP contribution in [-0.4, -0.2) is 39.7 Å². The maximum absolute atomic E-state index is 13.3. The fourth-order valence-electron chi connectivity index (χ4n) is 4.38. The van der Waals surface area contributed by atoms with E-state index in [1.54, 1.807) is 29.2 Å². The number of fused-ring (bicyclic) bond motifs is 1. The highest BCUT2D eigenvalue weighted by molar-refractivity contribution is 6.31. The SMILES string of the molecule is O=c1cc(-c2cc(Cl)ccc2-n2cnnn2)cc2n1[C@H](c1ncc(-c3ccccn3)[nH]1)CC2. The Kier molecular flexibility index (Phi) is 4.62. The zero-order chi connectivity index (χ0) is 22.4. The van der Waals surface area contributed by atoms with E-state index in [9.17, 15) is 4.79 Å². The minimum atomic E-state index is -0.155. The van der Waals surface area contributed by atoms with E-state index in [0.29, 0.717) is 5.02 Å². The summed E-state index contributed by atoms with van der Waals surface area (Å²) >= 11 is 6.28. The molecule has 1 atom stereocenters. The van der Waals surface area contributed by atoms with Crippen molar-refractivity contribution in [2.75, 3.05) is 0 Å². The molecule has 0 fully saturated rings. The van der Waals surface area contributed by atoms with E-state index in [2.05, 4.69) is 30.5 Å². The number of aromatic amines is 1. The van der Waals surface area contributed by atoms with Crippen molar-refractivity contribution in [2.24, 2.45) is 0 Å². The summed E-state index contributed by atoms with van der Waals surface area (Å²) in [5, 5.41) is 12.0. The van der Waals surface area contributed by atoms with Gasteiger partial charge in [0.15, 0.2) is 0 Å². The number of hydrogen-bond acceptors (Lipinski definition) is 6. The van der Waals surface area contributed by atoms with Crippen LogP contribution in [0, 0.1) is 0 Å². The lowest BCUT2D eigenvalue weighted by Crippen LogP contribution is -2.23. The number of nitrogens with zero attached hydrogens (tertiary/aromatic N) is 7. The van der Waals surface area contributed by atoms with E-state index in [4.69, 9.17) is 11.6 Å². The number of hydrogen-bond donors (Lipinski definition) is 1. The first kappa shape index (κ1) is 19.6.